The highest BCUT2D eigenvalue weighted by Gasteiger charge is 2.20. The summed E-state index contributed by atoms with van der Waals surface area (Å²) in [7, 11) is 1.52. The first-order valence-electron chi connectivity index (χ1n) is 9.04. The Labute approximate surface area is 180 Å². The number of hydrogen-bond acceptors (Lipinski definition) is 7. The Balaban J connectivity index is 1.97. The molecule has 0 bridgehead atoms. The van der Waals surface area contributed by atoms with Gasteiger partial charge in [-0.15, -0.1) is 0 Å². The van der Waals surface area contributed by atoms with Crippen LogP contribution in [0.4, 0.5) is 5.69 Å². The second-order valence-electron chi connectivity index (χ2n) is 6.41. The molecule has 31 heavy (non-hydrogen) atoms. The topological polar surface area (TPSA) is 111 Å². The van der Waals surface area contributed by atoms with E-state index in [0.717, 1.165) is 11.8 Å². The van der Waals surface area contributed by atoms with E-state index in [9.17, 15) is 14.9 Å². The Kier molecular flexibility index (Phi) is 5.39. The van der Waals surface area contributed by atoms with E-state index < -0.39 is 4.92 Å². The number of rotatable bonds is 5. The quantitative estimate of drug-likeness (QED) is 0.263. The molecule has 0 saturated carbocycles. The van der Waals surface area contributed by atoms with Crippen LogP contribution in [0, 0.1) is 21.4 Å². The second kappa shape index (κ2) is 8.30. The molecule has 0 aliphatic carbocycles. The number of methoxy groups -OCH3 is 1. The smallest absolute Gasteiger partial charge is 0.284 e. The molecule has 0 unspecified atom stereocenters. The molecule has 9 heteroatoms. The third kappa shape index (κ3) is 3.84. The van der Waals surface area contributed by atoms with Gasteiger partial charge in [0.2, 0.25) is 0 Å². The van der Waals surface area contributed by atoms with Crippen LogP contribution < -0.4 is 10.3 Å². The fourth-order valence-corrected chi connectivity index (χ4v) is 4.07. The summed E-state index contributed by atoms with van der Waals surface area (Å²) < 4.78 is 6.68. The maximum atomic E-state index is 13.4. The highest BCUT2D eigenvalue weighted by molar-refractivity contribution is 7.99. The number of benzene rings is 3. The molecule has 4 rings (SSSR count). The minimum Gasteiger partial charge on any atom is -0.497 e. The molecule has 0 aliphatic heterocycles. The molecule has 0 radical (unpaired) electrons. The Morgan fingerprint density at radius 2 is 1.94 bits per heavy atom. The van der Waals surface area contributed by atoms with Crippen LogP contribution in [0.5, 0.6) is 5.75 Å². The molecular weight excluding hydrogens is 416 g/mol. The fraction of sp³-hybridized carbons (Fsp3) is 0.0455. The van der Waals surface area contributed by atoms with Crippen LogP contribution in [-0.4, -0.2) is 21.6 Å². The molecule has 0 saturated heterocycles. The van der Waals surface area contributed by atoms with Gasteiger partial charge in [-0.2, -0.15) is 5.26 Å². The fourth-order valence-electron chi connectivity index (χ4n) is 3.07. The Hall–Kier alpha value is -4.16. The van der Waals surface area contributed by atoms with E-state index in [1.54, 1.807) is 48.5 Å². The van der Waals surface area contributed by atoms with Crippen molar-refractivity contribution in [2.24, 2.45) is 0 Å². The zero-order valence-corrected chi connectivity index (χ0v) is 17.0. The molecule has 0 atom stereocenters. The van der Waals surface area contributed by atoms with Gasteiger partial charge < -0.3 is 4.74 Å². The predicted octanol–water partition coefficient (Wildman–Crippen LogP) is 4.33. The van der Waals surface area contributed by atoms with Crippen molar-refractivity contribution in [2.45, 2.75) is 10.1 Å². The van der Waals surface area contributed by atoms with Crippen LogP contribution in [0.2, 0.25) is 0 Å². The van der Waals surface area contributed by atoms with E-state index in [0.29, 0.717) is 22.3 Å². The van der Waals surface area contributed by atoms with Gasteiger partial charge in [0.15, 0.2) is 5.16 Å². The Morgan fingerprint density at radius 3 is 2.68 bits per heavy atom. The Bertz CT molecular complexity index is 1430. The summed E-state index contributed by atoms with van der Waals surface area (Å²) in [5.74, 6) is 0.554. The molecule has 0 spiro atoms. The van der Waals surface area contributed by atoms with Crippen LogP contribution in [-0.2, 0) is 0 Å². The summed E-state index contributed by atoms with van der Waals surface area (Å²) in [6.45, 7) is 0. The summed E-state index contributed by atoms with van der Waals surface area (Å²) in [5.41, 5.74) is 0.626. The van der Waals surface area contributed by atoms with Gasteiger partial charge >= 0.3 is 0 Å². The van der Waals surface area contributed by atoms with Crippen LogP contribution in [0.3, 0.4) is 0 Å². The number of ether oxygens (including phenoxy) is 1. The third-order valence-electron chi connectivity index (χ3n) is 4.54. The van der Waals surface area contributed by atoms with E-state index in [-0.39, 0.29) is 26.9 Å². The molecular formula is C22H14N4O4S. The van der Waals surface area contributed by atoms with Crippen molar-refractivity contribution in [3.05, 3.63) is 92.8 Å². The number of nitro groups is 1. The van der Waals surface area contributed by atoms with Crippen LogP contribution in [0.1, 0.15) is 5.56 Å². The van der Waals surface area contributed by atoms with Gasteiger partial charge in [-0.3, -0.25) is 19.5 Å². The predicted molar refractivity (Wildman–Crippen MR) is 116 cm³/mol. The van der Waals surface area contributed by atoms with Gasteiger partial charge in [0.25, 0.3) is 11.2 Å². The van der Waals surface area contributed by atoms with E-state index >= 15 is 0 Å². The van der Waals surface area contributed by atoms with Gasteiger partial charge in [0.1, 0.15) is 5.75 Å². The number of aromatic nitrogens is 2. The maximum absolute atomic E-state index is 13.4. The van der Waals surface area contributed by atoms with Crippen molar-refractivity contribution < 1.29 is 9.66 Å². The number of para-hydroxylation sites is 1. The maximum Gasteiger partial charge on any atom is 0.284 e. The van der Waals surface area contributed by atoms with E-state index in [1.165, 1.54) is 29.9 Å². The summed E-state index contributed by atoms with van der Waals surface area (Å²) in [4.78, 5) is 29.2. The van der Waals surface area contributed by atoms with Gasteiger partial charge in [-0.1, -0.05) is 18.2 Å². The first kappa shape index (κ1) is 20.1. The monoisotopic (exact) mass is 430 g/mol. The minimum atomic E-state index is -0.557. The van der Waals surface area contributed by atoms with Crippen molar-refractivity contribution in [1.82, 2.24) is 9.55 Å². The average molecular weight is 430 g/mol. The summed E-state index contributed by atoms with van der Waals surface area (Å²) in [6.07, 6.45) is 0. The summed E-state index contributed by atoms with van der Waals surface area (Å²) in [6, 6.07) is 19.9. The van der Waals surface area contributed by atoms with Crippen LogP contribution in [0.25, 0.3) is 16.6 Å². The number of fused-ring (bicyclic) bond motifs is 1. The lowest BCUT2D eigenvalue weighted by molar-refractivity contribution is -0.387. The van der Waals surface area contributed by atoms with Crippen molar-refractivity contribution in [3.63, 3.8) is 0 Å². The molecule has 3 aromatic carbocycles. The normalized spacial score (nSPS) is 10.6. The van der Waals surface area contributed by atoms with Gasteiger partial charge in [0.05, 0.1) is 45.2 Å². The average Bonchev–Trinajstić information content (AvgIpc) is 2.79. The Morgan fingerprint density at radius 1 is 1.13 bits per heavy atom. The second-order valence-corrected chi connectivity index (χ2v) is 7.42. The van der Waals surface area contributed by atoms with Gasteiger partial charge in [0, 0.05) is 12.1 Å². The molecule has 152 valence electrons. The summed E-state index contributed by atoms with van der Waals surface area (Å²) >= 11 is 0.986. The molecule has 8 nitrogen and oxygen atoms in total. The minimum absolute atomic E-state index is 0.174. The molecule has 1 aromatic heterocycles. The summed E-state index contributed by atoms with van der Waals surface area (Å²) in [5, 5.41) is 21.3. The molecule has 0 fully saturated rings. The number of hydrogen-bond donors (Lipinski definition) is 0. The molecule has 1 heterocycles. The van der Waals surface area contributed by atoms with Gasteiger partial charge in [-0.25, -0.2) is 4.98 Å². The molecule has 0 aliphatic rings. The third-order valence-corrected chi connectivity index (χ3v) is 5.56. The SMILES string of the molecule is COc1cccc(-n2c(Sc3ccc(C#N)cc3[N+](=O)[O-])nc3ccccc3c2=O)c1. The van der Waals surface area contributed by atoms with Gasteiger partial charge in [-0.05, 0) is 48.2 Å². The number of nitriles is 1. The van der Waals surface area contributed by atoms with E-state index in [4.69, 9.17) is 10.00 Å². The van der Waals surface area contributed by atoms with Crippen LogP contribution in [0.15, 0.2) is 81.6 Å². The standard InChI is InChI=1S/C22H14N4O4S/c1-30-16-6-4-5-15(12-16)25-21(27)17-7-2-3-8-18(17)24-22(25)31-20-10-9-14(13-23)11-19(20)26(28)29/h2-12H,1H3. The zero-order valence-electron chi connectivity index (χ0n) is 16.2. The van der Waals surface area contributed by atoms with E-state index in [2.05, 4.69) is 4.98 Å². The lowest BCUT2D eigenvalue weighted by Gasteiger charge is -2.14. The zero-order chi connectivity index (χ0) is 22.0. The molecule has 0 N–H and O–H groups in total. The van der Waals surface area contributed by atoms with E-state index in [1.807, 2.05) is 6.07 Å². The number of nitrogens with zero attached hydrogens (tertiary/aromatic N) is 4. The first-order chi connectivity index (χ1) is 15.0. The first-order valence-corrected chi connectivity index (χ1v) is 9.86. The molecule has 0 amide bonds. The van der Waals surface area contributed by atoms with Crippen LogP contribution >= 0.6 is 11.8 Å². The lowest BCUT2D eigenvalue weighted by atomic mass is 10.2. The largest absolute Gasteiger partial charge is 0.497 e. The highest BCUT2D eigenvalue weighted by atomic mass is 32.2. The highest BCUT2D eigenvalue weighted by Crippen LogP contribution is 2.35. The lowest BCUT2D eigenvalue weighted by Crippen LogP contribution is -2.21. The van der Waals surface area contributed by atoms with Crippen molar-refractivity contribution >= 4 is 28.4 Å². The number of nitro benzene ring substituents is 1. The van der Waals surface area contributed by atoms with Crippen molar-refractivity contribution in [1.29, 1.82) is 5.26 Å². The molecule has 4 aromatic rings. The van der Waals surface area contributed by atoms with Crippen molar-refractivity contribution in [2.75, 3.05) is 7.11 Å². The van der Waals surface area contributed by atoms with Crippen molar-refractivity contribution in [3.8, 4) is 17.5 Å².